The topological polar surface area (TPSA) is 93.4 Å². The molecule has 7 heteroatoms. The van der Waals surface area contributed by atoms with Gasteiger partial charge in [0.1, 0.15) is 6.04 Å². The average molecular weight is 303 g/mol. The zero-order valence-corrected chi connectivity index (χ0v) is 12.3. The number of carboxylic acid groups (broad SMARTS) is 1. The van der Waals surface area contributed by atoms with E-state index in [0.717, 1.165) is 5.69 Å². The smallest absolute Gasteiger partial charge is 0.325 e. The Bertz CT molecular complexity index is 667. The number of rotatable bonds is 6. The zero-order valence-electron chi connectivity index (χ0n) is 12.3. The minimum atomic E-state index is -1.10. The molecular formula is C15H17N3O4. The molecule has 1 atom stereocenters. The van der Waals surface area contributed by atoms with Crippen LogP contribution in [-0.4, -0.2) is 39.9 Å². The van der Waals surface area contributed by atoms with E-state index in [-0.39, 0.29) is 6.61 Å². The van der Waals surface area contributed by atoms with Gasteiger partial charge in [-0.25, -0.2) is 4.68 Å². The highest BCUT2D eigenvalue weighted by atomic mass is 16.5. The summed E-state index contributed by atoms with van der Waals surface area (Å²) >= 11 is 0. The van der Waals surface area contributed by atoms with Gasteiger partial charge in [0.25, 0.3) is 5.91 Å². The van der Waals surface area contributed by atoms with Gasteiger partial charge < -0.3 is 15.2 Å². The molecular weight excluding hydrogens is 286 g/mol. The fourth-order valence-electron chi connectivity index (χ4n) is 1.97. The molecule has 116 valence electrons. The van der Waals surface area contributed by atoms with Gasteiger partial charge in [0, 0.05) is 7.11 Å². The van der Waals surface area contributed by atoms with Crippen LogP contribution in [0.2, 0.25) is 0 Å². The minimum Gasteiger partial charge on any atom is -0.480 e. The van der Waals surface area contributed by atoms with Crippen molar-refractivity contribution in [3.63, 3.8) is 0 Å². The van der Waals surface area contributed by atoms with Crippen LogP contribution in [0.5, 0.6) is 0 Å². The quantitative estimate of drug-likeness (QED) is 0.837. The van der Waals surface area contributed by atoms with Crippen molar-refractivity contribution in [3.05, 3.63) is 47.8 Å². The van der Waals surface area contributed by atoms with E-state index in [0.29, 0.717) is 11.3 Å². The van der Waals surface area contributed by atoms with E-state index in [2.05, 4.69) is 10.4 Å². The number of methoxy groups -OCH3 is 1. The predicted molar refractivity (Wildman–Crippen MR) is 78.8 cm³/mol. The molecule has 1 amide bonds. The van der Waals surface area contributed by atoms with E-state index in [1.54, 1.807) is 4.68 Å². The van der Waals surface area contributed by atoms with Crippen molar-refractivity contribution < 1.29 is 19.4 Å². The third kappa shape index (κ3) is 3.32. The van der Waals surface area contributed by atoms with Gasteiger partial charge in [0.05, 0.1) is 29.7 Å². The number of ether oxygens (including phenoxy) is 1. The Hall–Kier alpha value is -2.67. The summed E-state index contributed by atoms with van der Waals surface area (Å²) in [5.41, 5.74) is 1.64. The van der Waals surface area contributed by atoms with E-state index < -0.39 is 17.9 Å². The number of nitrogens with zero attached hydrogens (tertiary/aromatic N) is 2. The number of carboxylic acids is 1. The van der Waals surface area contributed by atoms with Gasteiger partial charge in [0.15, 0.2) is 0 Å². The number of hydrogen-bond donors (Lipinski definition) is 2. The summed E-state index contributed by atoms with van der Waals surface area (Å²) in [5, 5.41) is 15.5. The van der Waals surface area contributed by atoms with E-state index in [1.165, 1.54) is 20.2 Å². The Kier molecular flexibility index (Phi) is 4.90. The molecule has 0 radical (unpaired) electrons. The number of amides is 1. The van der Waals surface area contributed by atoms with Gasteiger partial charge in [-0.2, -0.15) is 5.10 Å². The summed E-state index contributed by atoms with van der Waals surface area (Å²) in [6.07, 6.45) is 1.41. The Balaban J connectivity index is 2.35. The molecule has 0 saturated carbocycles. The maximum atomic E-state index is 12.2. The second-order valence-electron chi connectivity index (χ2n) is 4.72. The SMILES string of the molecule is COCc1c(C(=O)NC(C)C(=O)O)cnn1-c1ccccc1. The summed E-state index contributed by atoms with van der Waals surface area (Å²) in [7, 11) is 1.52. The lowest BCUT2D eigenvalue weighted by atomic mass is 10.2. The summed E-state index contributed by atoms with van der Waals surface area (Å²) in [6.45, 7) is 1.58. The number of nitrogens with one attached hydrogen (secondary N) is 1. The molecule has 0 saturated heterocycles. The largest absolute Gasteiger partial charge is 0.480 e. The Labute approximate surface area is 127 Å². The van der Waals surface area contributed by atoms with Crippen molar-refractivity contribution in [1.29, 1.82) is 0 Å². The Morgan fingerprint density at radius 2 is 2.05 bits per heavy atom. The highest BCUT2D eigenvalue weighted by Crippen LogP contribution is 2.16. The first-order chi connectivity index (χ1) is 10.5. The first-order valence-corrected chi connectivity index (χ1v) is 6.69. The van der Waals surface area contributed by atoms with Crippen molar-refractivity contribution >= 4 is 11.9 Å². The summed E-state index contributed by atoms with van der Waals surface area (Å²) in [6, 6.07) is 8.33. The van der Waals surface area contributed by atoms with Gasteiger partial charge in [-0.05, 0) is 19.1 Å². The van der Waals surface area contributed by atoms with Crippen LogP contribution in [0.15, 0.2) is 36.5 Å². The molecule has 0 aliphatic heterocycles. The van der Waals surface area contributed by atoms with Crippen LogP contribution >= 0.6 is 0 Å². The lowest BCUT2D eigenvalue weighted by Crippen LogP contribution is -2.38. The van der Waals surface area contributed by atoms with E-state index in [4.69, 9.17) is 9.84 Å². The monoisotopic (exact) mass is 303 g/mol. The van der Waals surface area contributed by atoms with Gasteiger partial charge in [0.2, 0.25) is 0 Å². The standard InChI is InChI=1S/C15H17N3O4/c1-10(15(20)21)17-14(19)12-8-16-18(13(12)9-22-2)11-6-4-3-5-7-11/h3-8,10H,9H2,1-2H3,(H,17,19)(H,20,21). The summed E-state index contributed by atoms with van der Waals surface area (Å²) in [5.74, 6) is -1.60. The number of benzene rings is 1. The molecule has 7 nitrogen and oxygen atoms in total. The number of aromatic nitrogens is 2. The second kappa shape index (κ2) is 6.86. The lowest BCUT2D eigenvalue weighted by Gasteiger charge is -2.11. The van der Waals surface area contributed by atoms with E-state index in [1.807, 2.05) is 30.3 Å². The van der Waals surface area contributed by atoms with Crippen LogP contribution in [0, 0.1) is 0 Å². The zero-order chi connectivity index (χ0) is 16.1. The molecule has 0 fully saturated rings. The maximum absolute atomic E-state index is 12.2. The van der Waals surface area contributed by atoms with E-state index in [9.17, 15) is 9.59 Å². The van der Waals surface area contributed by atoms with Crippen LogP contribution in [0.4, 0.5) is 0 Å². The molecule has 0 aliphatic rings. The summed E-state index contributed by atoms with van der Waals surface area (Å²) in [4.78, 5) is 23.1. The lowest BCUT2D eigenvalue weighted by molar-refractivity contribution is -0.138. The Morgan fingerprint density at radius 3 is 2.64 bits per heavy atom. The molecule has 1 unspecified atom stereocenters. The Morgan fingerprint density at radius 1 is 1.36 bits per heavy atom. The first kappa shape index (κ1) is 15.7. The van der Waals surface area contributed by atoms with Crippen LogP contribution in [0.1, 0.15) is 23.0 Å². The molecule has 0 spiro atoms. The van der Waals surface area contributed by atoms with Crippen LogP contribution in [-0.2, 0) is 16.1 Å². The third-order valence-electron chi connectivity index (χ3n) is 3.11. The van der Waals surface area contributed by atoms with Gasteiger partial charge >= 0.3 is 5.97 Å². The maximum Gasteiger partial charge on any atom is 0.325 e. The van der Waals surface area contributed by atoms with E-state index >= 15 is 0 Å². The van der Waals surface area contributed by atoms with Crippen molar-refractivity contribution in [3.8, 4) is 5.69 Å². The number of para-hydroxylation sites is 1. The molecule has 0 aliphatic carbocycles. The van der Waals surface area contributed by atoms with Crippen molar-refractivity contribution in [2.24, 2.45) is 0 Å². The third-order valence-corrected chi connectivity index (χ3v) is 3.11. The number of carbonyl (C=O) groups is 2. The highest BCUT2D eigenvalue weighted by Gasteiger charge is 2.21. The van der Waals surface area contributed by atoms with Crippen molar-refractivity contribution in [1.82, 2.24) is 15.1 Å². The predicted octanol–water partition coefficient (Wildman–Crippen LogP) is 1.22. The minimum absolute atomic E-state index is 0.180. The highest BCUT2D eigenvalue weighted by molar-refractivity contribution is 5.97. The average Bonchev–Trinajstić information content (AvgIpc) is 2.92. The van der Waals surface area contributed by atoms with Crippen LogP contribution < -0.4 is 5.32 Å². The van der Waals surface area contributed by atoms with Crippen LogP contribution in [0.3, 0.4) is 0 Å². The number of aliphatic carboxylic acids is 1. The van der Waals surface area contributed by atoms with Crippen molar-refractivity contribution in [2.45, 2.75) is 19.6 Å². The molecule has 1 heterocycles. The van der Waals surface area contributed by atoms with Crippen LogP contribution in [0.25, 0.3) is 5.69 Å². The molecule has 22 heavy (non-hydrogen) atoms. The van der Waals surface area contributed by atoms with Crippen molar-refractivity contribution in [2.75, 3.05) is 7.11 Å². The molecule has 1 aromatic carbocycles. The molecule has 2 N–H and O–H groups in total. The fourth-order valence-corrected chi connectivity index (χ4v) is 1.97. The first-order valence-electron chi connectivity index (χ1n) is 6.69. The van der Waals surface area contributed by atoms with Gasteiger partial charge in [-0.1, -0.05) is 18.2 Å². The molecule has 2 aromatic rings. The normalized spacial score (nSPS) is 11.9. The number of carbonyl (C=O) groups excluding carboxylic acids is 1. The second-order valence-corrected chi connectivity index (χ2v) is 4.72. The summed E-state index contributed by atoms with van der Waals surface area (Å²) < 4.78 is 6.74. The molecule has 2 rings (SSSR count). The van der Waals surface area contributed by atoms with Gasteiger partial charge in [-0.15, -0.1) is 0 Å². The fraction of sp³-hybridized carbons (Fsp3) is 0.267. The van der Waals surface area contributed by atoms with Gasteiger partial charge in [-0.3, -0.25) is 9.59 Å². The molecule has 1 aromatic heterocycles. The molecule has 0 bridgehead atoms. The number of hydrogen-bond acceptors (Lipinski definition) is 4.